The van der Waals surface area contributed by atoms with Gasteiger partial charge in [-0.2, -0.15) is 17.7 Å². The minimum atomic E-state index is 0.587. The molecule has 1 heterocycles. The monoisotopic (exact) mass is 272 g/mol. The summed E-state index contributed by atoms with van der Waals surface area (Å²) in [7, 11) is 0. The van der Waals surface area contributed by atoms with Crippen molar-refractivity contribution in [3.05, 3.63) is 45.7 Å². The van der Waals surface area contributed by atoms with Crippen molar-refractivity contribution in [3.63, 3.8) is 0 Å². The molecule has 1 aromatic heterocycles. The maximum absolute atomic E-state index is 6.12. The van der Waals surface area contributed by atoms with Crippen molar-refractivity contribution in [2.75, 3.05) is 0 Å². The van der Waals surface area contributed by atoms with Gasteiger partial charge in [-0.1, -0.05) is 23.2 Å². The van der Waals surface area contributed by atoms with Gasteiger partial charge in [-0.15, -0.1) is 0 Å². The van der Waals surface area contributed by atoms with Crippen LogP contribution < -0.4 is 0 Å². The average Bonchev–Trinajstić information content (AvgIpc) is 2.60. The van der Waals surface area contributed by atoms with Crippen molar-refractivity contribution in [3.8, 4) is 5.69 Å². The van der Waals surface area contributed by atoms with Gasteiger partial charge in [-0.05, 0) is 25.1 Å². The van der Waals surface area contributed by atoms with Crippen LogP contribution in [0.15, 0.2) is 24.4 Å². The van der Waals surface area contributed by atoms with Crippen LogP contribution in [0.2, 0.25) is 10.0 Å². The molecule has 0 aliphatic carbocycles. The molecule has 0 saturated carbocycles. The summed E-state index contributed by atoms with van der Waals surface area (Å²) in [6, 6.07) is 5.36. The highest BCUT2D eigenvalue weighted by atomic mass is 35.5. The summed E-state index contributed by atoms with van der Waals surface area (Å²) in [4.78, 5) is 0. The summed E-state index contributed by atoms with van der Waals surface area (Å²) in [6.45, 7) is 1.99. The minimum absolute atomic E-state index is 0.587. The van der Waals surface area contributed by atoms with Crippen LogP contribution in [0.5, 0.6) is 0 Å². The van der Waals surface area contributed by atoms with E-state index < -0.39 is 0 Å². The van der Waals surface area contributed by atoms with Crippen molar-refractivity contribution in [2.24, 2.45) is 0 Å². The third kappa shape index (κ3) is 2.08. The summed E-state index contributed by atoms with van der Waals surface area (Å²) >= 11 is 16.2. The van der Waals surface area contributed by atoms with Gasteiger partial charge in [0.25, 0.3) is 0 Å². The fourth-order valence-corrected chi connectivity index (χ4v) is 2.29. The van der Waals surface area contributed by atoms with E-state index in [1.54, 1.807) is 23.0 Å². The molecule has 1 aromatic carbocycles. The smallest absolute Gasteiger partial charge is 0.0836 e. The van der Waals surface area contributed by atoms with Gasteiger partial charge in [0.05, 0.1) is 16.9 Å². The molecular formula is C11H10Cl2N2S. The zero-order valence-electron chi connectivity index (χ0n) is 8.61. The Morgan fingerprint density at radius 1 is 1.38 bits per heavy atom. The molecule has 84 valence electrons. The normalized spacial score (nSPS) is 10.8. The molecular weight excluding hydrogens is 263 g/mol. The van der Waals surface area contributed by atoms with Crippen molar-refractivity contribution < 1.29 is 0 Å². The topological polar surface area (TPSA) is 17.8 Å². The van der Waals surface area contributed by atoms with Crippen molar-refractivity contribution in [1.29, 1.82) is 0 Å². The molecule has 0 bridgehead atoms. The Morgan fingerprint density at radius 3 is 2.69 bits per heavy atom. The molecule has 2 aromatic rings. The zero-order valence-corrected chi connectivity index (χ0v) is 11.0. The van der Waals surface area contributed by atoms with Crippen molar-refractivity contribution in [1.82, 2.24) is 9.78 Å². The van der Waals surface area contributed by atoms with E-state index in [9.17, 15) is 0 Å². The van der Waals surface area contributed by atoms with Crippen LogP contribution in [0.4, 0.5) is 0 Å². The number of rotatable bonds is 2. The first-order chi connectivity index (χ1) is 7.63. The van der Waals surface area contributed by atoms with E-state index in [2.05, 4.69) is 17.7 Å². The van der Waals surface area contributed by atoms with Crippen LogP contribution in [0.3, 0.4) is 0 Å². The first kappa shape index (κ1) is 11.8. The van der Waals surface area contributed by atoms with E-state index >= 15 is 0 Å². The van der Waals surface area contributed by atoms with Crippen LogP contribution in [0.1, 0.15) is 11.3 Å². The van der Waals surface area contributed by atoms with Crippen LogP contribution in [-0.2, 0) is 5.75 Å². The summed E-state index contributed by atoms with van der Waals surface area (Å²) < 4.78 is 1.80. The second-order valence-corrected chi connectivity index (χ2v) is 4.58. The summed E-state index contributed by atoms with van der Waals surface area (Å²) in [5.74, 6) is 0.664. The predicted octanol–water partition coefficient (Wildman–Crippen LogP) is 3.92. The lowest BCUT2D eigenvalue weighted by Crippen LogP contribution is -2.00. The van der Waals surface area contributed by atoms with Crippen LogP contribution >= 0.6 is 35.8 Å². The van der Waals surface area contributed by atoms with Crippen LogP contribution in [0, 0.1) is 6.92 Å². The molecule has 0 atom stereocenters. The molecule has 5 heteroatoms. The van der Waals surface area contributed by atoms with E-state index in [1.165, 1.54) is 0 Å². The van der Waals surface area contributed by atoms with Gasteiger partial charge in [0.2, 0.25) is 0 Å². The number of benzene rings is 1. The molecule has 0 aliphatic heterocycles. The number of hydrogen-bond donors (Lipinski definition) is 1. The minimum Gasteiger partial charge on any atom is -0.236 e. The Hall–Kier alpha value is -0.640. The number of halogens is 2. The van der Waals surface area contributed by atoms with Gasteiger partial charge in [-0.25, -0.2) is 4.68 Å². The molecule has 0 unspecified atom stereocenters. The van der Waals surface area contributed by atoms with E-state index in [0.717, 1.165) is 16.9 Å². The highest BCUT2D eigenvalue weighted by Crippen LogP contribution is 2.25. The quantitative estimate of drug-likeness (QED) is 0.821. The van der Waals surface area contributed by atoms with E-state index in [-0.39, 0.29) is 0 Å². The lowest BCUT2D eigenvalue weighted by molar-refractivity contribution is 0.846. The third-order valence-corrected chi connectivity index (χ3v) is 3.30. The fraction of sp³-hybridized carbons (Fsp3) is 0.182. The Labute approximate surface area is 110 Å². The van der Waals surface area contributed by atoms with Crippen molar-refractivity contribution in [2.45, 2.75) is 12.7 Å². The predicted molar refractivity (Wildman–Crippen MR) is 71.0 cm³/mol. The number of aromatic nitrogens is 2. The maximum atomic E-state index is 6.12. The molecule has 0 amide bonds. The van der Waals surface area contributed by atoms with Gasteiger partial charge in [0.1, 0.15) is 0 Å². The standard InChI is InChI=1S/C11H10Cl2N2S/c1-7-8(6-16)5-14-15(7)11-3-2-9(12)4-10(11)13/h2-5,16H,6H2,1H3. The van der Waals surface area contributed by atoms with Crippen LogP contribution in [0.25, 0.3) is 5.69 Å². The largest absolute Gasteiger partial charge is 0.236 e. The number of nitrogens with zero attached hydrogens (tertiary/aromatic N) is 2. The highest BCUT2D eigenvalue weighted by Gasteiger charge is 2.09. The molecule has 16 heavy (non-hydrogen) atoms. The second kappa shape index (κ2) is 4.70. The Kier molecular flexibility index (Phi) is 3.47. The molecule has 0 saturated heterocycles. The lowest BCUT2D eigenvalue weighted by atomic mass is 10.2. The van der Waals surface area contributed by atoms with Gasteiger partial charge in [0.15, 0.2) is 0 Å². The number of hydrogen-bond acceptors (Lipinski definition) is 2. The van der Waals surface area contributed by atoms with Crippen molar-refractivity contribution >= 4 is 35.8 Å². The van der Waals surface area contributed by atoms with Crippen LogP contribution in [-0.4, -0.2) is 9.78 Å². The first-order valence-electron chi connectivity index (χ1n) is 4.73. The number of thiol groups is 1. The zero-order chi connectivity index (χ0) is 11.7. The van der Waals surface area contributed by atoms with Gasteiger partial charge < -0.3 is 0 Å². The molecule has 0 spiro atoms. The van der Waals surface area contributed by atoms with E-state index in [4.69, 9.17) is 23.2 Å². The highest BCUT2D eigenvalue weighted by molar-refractivity contribution is 7.79. The van der Waals surface area contributed by atoms with E-state index in [1.807, 2.05) is 13.0 Å². The van der Waals surface area contributed by atoms with Gasteiger partial charge >= 0.3 is 0 Å². The molecule has 2 rings (SSSR count). The SMILES string of the molecule is Cc1c(CS)cnn1-c1ccc(Cl)cc1Cl. The van der Waals surface area contributed by atoms with Gasteiger partial charge in [0, 0.05) is 22.0 Å². The van der Waals surface area contributed by atoms with Gasteiger partial charge in [-0.3, -0.25) is 0 Å². The first-order valence-corrected chi connectivity index (χ1v) is 6.12. The second-order valence-electron chi connectivity index (χ2n) is 3.42. The molecule has 0 radical (unpaired) electrons. The maximum Gasteiger partial charge on any atom is 0.0836 e. The summed E-state index contributed by atoms with van der Waals surface area (Å²) in [5.41, 5.74) is 2.96. The Bertz CT molecular complexity index is 523. The third-order valence-electron chi connectivity index (χ3n) is 2.42. The molecule has 0 fully saturated rings. The molecule has 2 nitrogen and oxygen atoms in total. The molecule has 0 N–H and O–H groups in total. The van der Waals surface area contributed by atoms with E-state index in [0.29, 0.717) is 15.8 Å². The summed E-state index contributed by atoms with van der Waals surface area (Å²) in [5, 5.41) is 5.49. The lowest BCUT2D eigenvalue weighted by Gasteiger charge is -2.07. The molecule has 0 aliphatic rings. The average molecular weight is 273 g/mol. The Morgan fingerprint density at radius 2 is 2.12 bits per heavy atom. The summed E-state index contributed by atoms with van der Waals surface area (Å²) in [6.07, 6.45) is 1.80. The Balaban J connectivity index is 2.54. The fourth-order valence-electron chi connectivity index (χ4n) is 1.49.